The van der Waals surface area contributed by atoms with E-state index in [4.69, 9.17) is 9.47 Å². The van der Waals surface area contributed by atoms with E-state index in [0.717, 1.165) is 17.8 Å². The van der Waals surface area contributed by atoms with Crippen molar-refractivity contribution >= 4 is 29.0 Å². The third-order valence-corrected chi connectivity index (χ3v) is 6.48. The molecule has 42 heavy (non-hydrogen) atoms. The van der Waals surface area contributed by atoms with Gasteiger partial charge in [0.15, 0.2) is 0 Å². The van der Waals surface area contributed by atoms with Crippen LogP contribution in [0.1, 0.15) is 48.0 Å². The van der Waals surface area contributed by atoms with E-state index < -0.39 is 17.7 Å². The molecule has 0 saturated heterocycles. The Morgan fingerprint density at radius 1 is 0.976 bits per heavy atom. The van der Waals surface area contributed by atoms with Gasteiger partial charge in [-0.25, -0.2) is 4.79 Å². The minimum absolute atomic E-state index is 0.000468. The minimum atomic E-state index is -4.48. The Morgan fingerprint density at radius 3 is 2.33 bits per heavy atom. The smallest absolute Gasteiger partial charge is 0.417 e. The molecule has 0 fully saturated rings. The fourth-order valence-corrected chi connectivity index (χ4v) is 4.64. The van der Waals surface area contributed by atoms with Crippen molar-refractivity contribution in [2.24, 2.45) is 0 Å². The van der Waals surface area contributed by atoms with E-state index in [1.165, 1.54) is 6.07 Å². The molecule has 0 unspecified atom stereocenters. The van der Waals surface area contributed by atoms with Crippen molar-refractivity contribution in [1.82, 2.24) is 14.5 Å². The molecule has 0 radical (unpaired) electrons. The second-order valence-corrected chi connectivity index (χ2v) is 9.75. The van der Waals surface area contributed by atoms with Crippen LogP contribution in [0.3, 0.4) is 0 Å². The van der Waals surface area contributed by atoms with Crippen LogP contribution in [0, 0.1) is 0 Å². The molecule has 5 aromatic rings. The van der Waals surface area contributed by atoms with Gasteiger partial charge in [0.1, 0.15) is 11.4 Å². The molecule has 0 N–H and O–H groups in total. The monoisotopic (exact) mass is 571 g/mol. The molecule has 2 aromatic carbocycles. The van der Waals surface area contributed by atoms with Gasteiger partial charge in [-0.05, 0) is 87.0 Å². The van der Waals surface area contributed by atoms with Gasteiger partial charge in [0.05, 0.1) is 29.5 Å². The summed E-state index contributed by atoms with van der Waals surface area (Å²) in [6, 6.07) is 18.8. The summed E-state index contributed by atoms with van der Waals surface area (Å²) in [6.07, 6.45) is 3.38. The van der Waals surface area contributed by atoms with Gasteiger partial charge >= 0.3 is 12.1 Å². The second kappa shape index (κ2) is 11.9. The Bertz CT molecular complexity index is 1720. The molecule has 0 aliphatic carbocycles. The number of esters is 1. The summed E-state index contributed by atoms with van der Waals surface area (Å²) in [5.41, 5.74) is 3.34. The van der Waals surface area contributed by atoms with Crippen LogP contribution in [0.15, 0.2) is 85.3 Å². The van der Waals surface area contributed by atoms with Crippen molar-refractivity contribution in [1.29, 1.82) is 0 Å². The Morgan fingerprint density at radius 2 is 1.71 bits per heavy atom. The van der Waals surface area contributed by atoms with Crippen LogP contribution in [0.25, 0.3) is 40.0 Å². The zero-order valence-corrected chi connectivity index (χ0v) is 23.2. The number of benzene rings is 2. The number of rotatable bonds is 8. The van der Waals surface area contributed by atoms with E-state index in [1.807, 2.05) is 79.1 Å². The zero-order valence-electron chi connectivity index (χ0n) is 23.2. The molecule has 0 amide bonds. The van der Waals surface area contributed by atoms with E-state index in [9.17, 15) is 18.0 Å². The van der Waals surface area contributed by atoms with E-state index in [2.05, 4.69) is 9.97 Å². The van der Waals surface area contributed by atoms with Gasteiger partial charge in [-0.15, -0.1) is 0 Å². The highest BCUT2D eigenvalue weighted by Crippen LogP contribution is 2.36. The number of nitrogens with zero attached hydrogens (tertiary/aromatic N) is 3. The van der Waals surface area contributed by atoms with Crippen molar-refractivity contribution < 1.29 is 27.4 Å². The van der Waals surface area contributed by atoms with Crippen LogP contribution in [0.4, 0.5) is 13.2 Å². The number of fused-ring (bicyclic) bond motifs is 1. The summed E-state index contributed by atoms with van der Waals surface area (Å²) in [5.74, 6) is 0.177. The van der Waals surface area contributed by atoms with Crippen molar-refractivity contribution in [3.63, 3.8) is 0 Å². The molecule has 3 heterocycles. The predicted molar refractivity (Wildman–Crippen MR) is 156 cm³/mol. The lowest BCUT2D eigenvalue weighted by atomic mass is 10.0. The van der Waals surface area contributed by atoms with Crippen LogP contribution in [0.2, 0.25) is 0 Å². The highest BCUT2D eigenvalue weighted by atomic mass is 19.4. The summed E-state index contributed by atoms with van der Waals surface area (Å²) in [6.45, 7) is 5.80. The Balaban J connectivity index is 1.73. The highest BCUT2D eigenvalue weighted by Gasteiger charge is 2.31. The minimum Gasteiger partial charge on any atom is -0.491 e. The summed E-state index contributed by atoms with van der Waals surface area (Å²) in [4.78, 5) is 21.6. The average molecular weight is 572 g/mol. The first-order valence-electron chi connectivity index (χ1n) is 13.4. The Kier molecular flexibility index (Phi) is 8.10. The second-order valence-electron chi connectivity index (χ2n) is 9.75. The maximum Gasteiger partial charge on any atom is 0.417 e. The molecule has 0 bridgehead atoms. The number of pyridine rings is 2. The summed E-state index contributed by atoms with van der Waals surface area (Å²) in [7, 11) is 0. The third-order valence-electron chi connectivity index (χ3n) is 6.48. The molecule has 3 aromatic heterocycles. The van der Waals surface area contributed by atoms with Gasteiger partial charge in [-0.2, -0.15) is 13.2 Å². The molecular weight excluding hydrogens is 543 g/mol. The number of hydrogen-bond donors (Lipinski definition) is 0. The fraction of sp³-hybridized carbons (Fsp3) is 0.182. The number of alkyl halides is 3. The van der Waals surface area contributed by atoms with Crippen molar-refractivity contribution in [2.45, 2.75) is 33.1 Å². The van der Waals surface area contributed by atoms with Crippen LogP contribution in [-0.2, 0) is 10.9 Å². The number of halogens is 3. The molecule has 0 aliphatic heterocycles. The maximum absolute atomic E-state index is 13.5. The van der Waals surface area contributed by atoms with Gasteiger partial charge in [-0.3, -0.25) is 9.97 Å². The van der Waals surface area contributed by atoms with Gasteiger partial charge in [-0.1, -0.05) is 18.2 Å². The largest absolute Gasteiger partial charge is 0.491 e. The lowest BCUT2D eigenvalue weighted by molar-refractivity contribution is -0.137. The van der Waals surface area contributed by atoms with Crippen LogP contribution in [0.5, 0.6) is 5.75 Å². The van der Waals surface area contributed by atoms with Crippen molar-refractivity contribution in [3.8, 4) is 22.7 Å². The van der Waals surface area contributed by atoms with Gasteiger partial charge < -0.3 is 14.0 Å². The number of hydrogen-bond acceptors (Lipinski definition) is 5. The predicted octanol–water partition coefficient (Wildman–Crippen LogP) is 8.24. The van der Waals surface area contributed by atoms with Crippen molar-refractivity contribution in [3.05, 3.63) is 108 Å². The molecular formula is C33H28F3N3O3. The van der Waals surface area contributed by atoms with E-state index in [1.54, 1.807) is 25.4 Å². The molecule has 214 valence electrons. The molecule has 0 spiro atoms. The number of carbonyl (C=O) groups excluding carboxylic acids is 1. The molecule has 0 aliphatic rings. The number of aromatic nitrogens is 3. The number of carbonyl (C=O) groups is 1. The molecule has 9 heteroatoms. The third kappa shape index (κ3) is 6.05. The summed E-state index contributed by atoms with van der Waals surface area (Å²) in [5, 5.41) is 0.699. The highest BCUT2D eigenvalue weighted by molar-refractivity contribution is 6.06. The van der Waals surface area contributed by atoms with Gasteiger partial charge in [0, 0.05) is 40.8 Å². The van der Waals surface area contributed by atoms with Gasteiger partial charge in [0.2, 0.25) is 0 Å². The van der Waals surface area contributed by atoms with Crippen LogP contribution >= 0.6 is 0 Å². The zero-order chi connectivity index (χ0) is 29.9. The maximum atomic E-state index is 13.5. The Labute approximate surface area is 241 Å². The first kappa shape index (κ1) is 28.6. The van der Waals surface area contributed by atoms with Crippen LogP contribution < -0.4 is 4.74 Å². The SMILES string of the molecule is CCOC(=O)c1c(/C=C/c2ccncc2)c2cc(-c3ccc(C(F)(F)F)cn3)ccc2n1-c1ccc(OC(C)C)cc1. The van der Waals surface area contributed by atoms with Crippen LogP contribution in [-0.4, -0.2) is 33.2 Å². The molecule has 5 rings (SSSR count). The van der Waals surface area contributed by atoms with Gasteiger partial charge in [0.25, 0.3) is 0 Å². The topological polar surface area (TPSA) is 66.2 Å². The lowest BCUT2D eigenvalue weighted by Gasteiger charge is -2.13. The number of ether oxygens (including phenoxy) is 2. The Hall–Kier alpha value is -4.92. The fourth-order valence-electron chi connectivity index (χ4n) is 4.64. The molecule has 0 atom stereocenters. The van der Waals surface area contributed by atoms with E-state index in [0.29, 0.717) is 44.9 Å². The first-order valence-corrected chi connectivity index (χ1v) is 13.4. The lowest BCUT2D eigenvalue weighted by Crippen LogP contribution is -2.12. The summed E-state index contributed by atoms with van der Waals surface area (Å²) < 4.78 is 52.5. The van der Waals surface area contributed by atoms with E-state index in [-0.39, 0.29) is 12.7 Å². The quantitative estimate of drug-likeness (QED) is 0.176. The molecule has 6 nitrogen and oxygen atoms in total. The molecule has 0 saturated carbocycles. The van der Waals surface area contributed by atoms with E-state index >= 15 is 0 Å². The standard InChI is InChI=1S/C33H28F3N3O3/c1-4-41-32(40)31-27(12-5-22-15-17-37-18-16-22)28-19-23(29-13-7-24(20-38-29)33(34,35)36)6-14-30(28)39(31)25-8-10-26(11-9-25)42-21(2)3/h5-21H,4H2,1-3H3/b12-5+. The first-order chi connectivity index (χ1) is 20.2. The summed E-state index contributed by atoms with van der Waals surface area (Å²) >= 11 is 0. The normalized spacial score (nSPS) is 11.9. The average Bonchev–Trinajstić information content (AvgIpc) is 3.30. The van der Waals surface area contributed by atoms with Crippen molar-refractivity contribution in [2.75, 3.05) is 6.61 Å².